The molecule has 0 spiro atoms. The maximum Gasteiger partial charge on any atom is 0.261 e. The van der Waals surface area contributed by atoms with Gasteiger partial charge in [-0.2, -0.15) is 0 Å². The van der Waals surface area contributed by atoms with E-state index in [1.54, 1.807) is 6.07 Å². The highest BCUT2D eigenvalue weighted by Crippen LogP contribution is 2.24. The minimum atomic E-state index is -0.952. The number of fused-ring (bicyclic) bond motifs is 1. The van der Waals surface area contributed by atoms with Crippen LogP contribution in [-0.2, 0) is 11.3 Å². The Hall–Kier alpha value is -2.25. The summed E-state index contributed by atoms with van der Waals surface area (Å²) in [5.41, 5.74) is -0.414. The van der Waals surface area contributed by atoms with Crippen LogP contribution in [-0.4, -0.2) is 56.7 Å². The highest BCUT2D eigenvalue weighted by molar-refractivity contribution is 5.78. The summed E-state index contributed by atoms with van der Waals surface area (Å²) in [7, 11) is 0. The fourth-order valence-corrected chi connectivity index (χ4v) is 4.37. The average molecular weight is 384 g/mol. The lowest BCUT2D eigenvalue weighted by atomic mass is 9.91. The lowest BCUT2D eigenvalue weighted by Gasteiger charge is -2.38. The number of benzene rings is 1. The summed E-state index contributed by atoms with van der Waals surface area (Å²) in [5.74, 6) is 0.0762. The topological polar surface area (TPSA) is 87.5 Å². The molecule has 4 rings (SSSR count). The van der Waals surface area contributed by atoms with Crippen LogP contribution in [0.1, 0.15) is 38.5 Å². The first-order chi connectivity index (χ1) is 13.5. The largest absolute Gasteiger partial charge is 0.388 e. The molecular formula is C21H28N4O3. The zero-order valence-corrected chi connectivity index (χ0v) is 16.1. The fourth-order valence-electron chi connectivity index (χ4n) is 4.37. The number of piperidine rings is 1. The molecule has 150 valence electrons. The van der Waals surface area contributed by atoms with Gasteiger partial charge in [-0.15, -0.1) is 0 Å². The van der Waals surface area contributed by atoms with Gasteiger partial charge in [-0.25, -0.2) is 4.98 Å². The van der Waals surface area contributed by atoms with Gasteiger partial charge >= 0.3 is 0 Å². The van der Waals surface area contributed by atoms with E-state index in [2.05, 4.69) is 15.2 Å². The lowest BCUT2D eigenvalue weighted by molar-refractivity contribution is -0.124. The Morgan fingerprint density at radius 1 is 1.21 bits per heavy atom. The van der Waals surface area contributed by atoms with Crippen LogP contribution in [0.25, 0.3) is 10.9 Å². The number of carbonyl (C=O) groups is 1. The third-order valence-electron chi connectivity index (χ3n) is 6.07. The number of para-hydroxylation sites is 1. The number of nitrogens with one attached hydrogen (secondary N) is 1. The van der Waals surface area contributed by atoms with E-state index in [0.29, 0.717) is 49.4 Å². The molecule has 7 heteroatoms. The predicted molar refractivity (Wildman–Crippen MR) is 107 cm³/mol. The van der Waals surface area contributed by atoms with Crippen LogP contribution >= 0.6 is 0 Å². The summed E-state index contributed by atoms with van der Waals surface area (Å²) in [4.78, 5) is 31.3. The summed E-state index contributed by atoms with van der Waals surface area (Å²) in [6, 6.07) is 7.58. The van der Waals surface area contributed by atoms with Crippen molar-refractivity contribution in [3.05, 3.63) is 40.9 Å². The quantitative estimate of drug-likeness (QED) is 0.811. The number of aliphatic hydroxyl groups is 1. The van der Waals surface area contributed by atoms with Crippen LogP contribution in [0.3, 0.4) is 0 Å². The lowest BCUT2D eigenvalue weighted by Crippen LogP contribution is -2.50. The van der Waals surface area contributed by atoms with E-state index >= 15 is 0 Å². The van der Waals surface area contributed by atoms with Gasteiger partial charge < -0.3 is 10.4 Å². The molecule has 2 aromatic rings. The van der Waals surface area contributed by atoms with Gasteiger partial charge in [0.2, 0.25) is 5.91 Å². The molecular weight excluding hydrogens is 356 g/mol. The van der Waals surface area contributed by atoms with Gasteiger partial charge in [0.1, 0.15) is 0 Å². The second kappa shape index (κ2) is 8.01. The molecule has 0 radical (unpaired) electrons. The molecule has 1 aliphatic carbocycles. The van der Waals surface area contributed by atoms with Gasteiger partial charge in [0.05, 0.1) is 35.9 Å². The summed E-state index contributed by atoms with van der Waals surface area (Å²) >= 11 is 0. The molecule has 2 N–H and O–H groups in total. The van der Waals surface area contributed by atoms with Gasteiger partial charge in [-0.1, -0.05) is 25.0 Å². The maximum absolute atomic E-state index is 12.7. The van der Waals surface area contributed by atoms with E-state index in [-0.39, 0.29) is 18.0 Å². The summed E-state index contributed by atoms with van der Waals surface area (Å²) < 4.78 is 1.50. The number of carbonyl (C=O) groups excluding carboxylic acids is 1. The van der Waals surface area contributed by atoms with Crippen LogP contribution in [0.15, 0.2) is 35.4 Å². The third-order valence-corrected chi connectivity index (χ3v) is 6.07. The van der Waals surface area contributed by atoms with Crippen LogP contribution in [0.4, 0.5) is 0 Å². The summed E-state index contributed by atoms with van der Waals surface area (Å²) in [6.45, 7) is 1.89. The summed E-state index contributed by atoms with van der Waals surface area (Å²) in [6.07, 6.45) is 7.14. The van der Waals surface area contributed by atoms with Crippen molar-refractivity contribution < 1.29 is 9.90 Å². The molecule has 2 fully saturated rings. The first kappa shape index (κ1) is 19.1. The molecule has 1 aromatic carbocycles. The Kier molecular flexibility index (Phi) is 5.46. The maximum atomic E-state index is 12.7. The molecule has 0 atom stereocenters. The van der Waals surface area contributed by atoms with Crippen LogP contribution in [0.5, 0.6) is 0 Å². The number of amides is 1. The van der Waals surface area contributed by atoms with Crippen molar-refractivity contribution in [2.24, 2.45) is 0 Å². The molecule has 0 unspecified atom stereocenters. The number of hydrogen-bond donors (Lipinski definition) is 2. The van der Waals surface area contributed by atoms with E-state index in [1.807, 2.05) is 18.2 Å². The van der Waals surface area contributed by atoms with Crippen molar-refractivity contribution in [2.75, 3.05) is 19.6 Å². The van der Waals surface area contributed by atoms with Crippen molar-refractivity contribution in [2.45, 2.75) is 56.7 Å². The number of likely N-dealkylation sites (tertiary alicyclic amines) is 1. The van der Waals surface area contributed by atoms with Gasteiger partial charge in [0.25, 0.3) is 5.56 Å². The molecule has 7 nitrogen and oxygen atoms in total. The number of aromatic nitrogens is 2. The Bertz CT molecular complexity index is 896. The van der Waals surface area contributed by atoms with Crippen LogP contribution in [0, 0.1) is 0 Å². The predicted octanol–water partition coefficient (Wildman–Crippen LogP) is 1.28. The molecule has 28 heavy (non-hydrogen) atoms. The van der Waals surface area contributed by atoms with Crippen molar-refractivity contribution in [3.63, 3.8) is 0 Å². The minimum absolute atomic E-state index is 0.0762. The van der Waals surface area contributed by atoms with E-state index < -0.39 is 5.60 Å². The molecule has 2 heterocycles. The average Bonchev–Trinajstić information content (AvgIpc) is 3.19. The van der Waals surface area contributed by atoms with Gasteiger partial charge in [-0.05, 0) is 37.8 Å². The number of rotatable bonds is 5. The SMILES string of the molecule is O=C(CN1CCC(O)(Cn2cnc3ccccc3c2=O)CC1)NC1CCCC1. The van der Waals surface area contributed by atoms with E-state index in [0.717, 1.165) is 12.8 Å². The second-order valence-corrected chi connectivity index (χ2v) is 8.24. The Balaban J connectivity index is 1.34. The van der Waals surface area contributed by atoms with Crippen LogP contribution in [0.2, 0.25) is 0 Å². The first-order valence-electron chi connectivity index (χ1n) is 10.2. The first-order valence-corrected chi connectivity index (χ1v) is 10.2. The van der Waals surface area contributed by atoms with Crippen molar-refractivity contribution in [1.82, 2.24) is 19.8 Å². The van der Waals surface area contributed by atoms with Crippen molar-refractivity contribution in [3.8, 4) is 0 Å². The smallest absolute Gasteiger partial charge is 0.261 e. The van der Waals surface area contributed by atoms with E-state index in [1.165, 1.54) is 23.7 Å². The zero-order chi connectivity index (χ0) is 19.6. The normalized spacial score (nSPS) is 20.5. The summed E-state index contributed by atoms with van der Waals surface area (Å²) in [5, 5.41) is 14.7. The van der Waals surface area contributed by atoms with Gasteiger partial charge in [0, 0.05) is 19.1 Å². The minimum Gasteiger partial charge on any atom is -0.388 e. The highest BCUT2D eigenvalue weighted by atomic mass is 16.3. The Morgan fingerprint density at radius 3 is 2.68 bits per heavy atom. The molecule has 0 bridgehead atoms. The van der Waals surface area contributed by atoms with Crippen molar-refractivity contribution in [1.29, 1.82) is 0 Å². The number of hydrogen-bond acceptors (Lipinski definition) is 5. The standard InChI is InChI=1S/C21H28N4O3/c26-19(23-16-5-1-2-6-16)13-24-11-9-21(28,10-12-24)14-25-15-22-18-8-4-3-7-17(18)20(25)27/h3-4,7-8,15-16,28H,1-2,5-6,9-14H2,(H,23,26). The molecule has 1 saturated carbocycles. The van der Waals surface area contributed by atoms with Crippen molar-refractivity contribution >= 4 is 16.8 Å². The van der Waals surface area contributed by atoms with Gasteiger partial charge in [-0.3, -0.25) is 19.1 Å². The Labute approximate surface area is 164 Å². The molecule has 1 aliphatic heterocycles. The monoisotopic (exact) mass is 384 g/mol. The Morgan fingerprint density at radius 2 is 1.93 bits per heavy atom. The second-order valence-electron chi connectivity index (χ2n) is 8.24. The zero-order valence-electron chi connectivity index (χ0n) is 16.1. The molecule has 1 saturated heterocycles. The molecule has 1 amide bonds. The third kappa shape index (κ3) is 4.25. The fraction of sp³-hybridized carbons (Fsp3) is 0.571. The molecule has 1 aromatic heterocycles. The van der Waals surface area contributed by atoms with Crippen LogP contribution < -0.4 is 10.9 Å². The molecule has 2 aliphatic rings. The number of nitrogens with zero attached hydrogens (tertiary/aromatic N) is 3. The van der Waals surface area contributed by atoms with Gasteiger partial charge in [0.15, 0.2) is 0 Å². The van der Waals surface area contributed by atoms with E-state index in [9.17, 15) is 14.7 Å². The highest BCUT2D eigenvalue weighted by Gasteiger charge is 2.34. The van der Waals surface area contributed by atoms with E-state index in [4.69, 9.17) is 0 Å².